The van der Waals surface area contributed by atoms with Crippen LogP contribution in [0, 0.1) is 31.6 Å². The van der Waals surface area contributed by atoms with E-state index in [0.717, 1.165) is 23.2 Å². The quantitative estimate of drug-likeness (QED) is 0.146. The minimum Gasteiger partial charge on any atom is -0.511 e. The van der Waals surface area contributed by atoms with Crippen molar-refractivity contribution >= 4 is 41.7 Å². The fourth-order valence-corrected chi connectivity index (χ4v) is 7.04. The molecule has 0 spiro atoms. The third-order valence-electron chi connectivity index (χ3n) is 9.75. The van der Waals surface area contributed by atoms with Crippen molar-refractivity contribution in [3.8, 4) is 0 Å². The summed E-state index contributed by atoms with van der Waals surface area (Å²) in [7, 11) is 0. The van der Waals surface area contributed by atoms with Gasteiger partial charge in [-0.3, -0.25) is 19.2 Å². The van der Waals surface area contributed by atoms with Gasteiger partial charge in [-0.1, -0.05) is 19.9 Å². The van der Waals surface area contributed by atoms with Crippen molar-refractivity contribution in [3.05, 3.63) is 62.7 Å². The van der Waals surface area contributed by atoms with Gasteiger partial charge in [0.1, 0.15) is 17.8 Å². The van der Waals surface area contributed by atoms with E-state index >= 15 is 0 Å². The summed E-state index contributed by atoms with van der Waals surface area (Å²) in [5, 5.41) is 36.5. The lowest BCUT2D eigenvalue weighted by Gasteiger charge is -2.11. The number of hydrogen-bond donors (Lipinski definition) is 7. The smallest absolute Gasteiger partial charge is 0.311 e. The third-order valence-corrected chi connectivity index (χ3v) is 9.75. The number of aliphatic hydroxyl groups excluding tert-OH is 1. The van der Waals surface area contributed by atoms with Gasteiger partial charge in [-0.05, 0) is 62.5 Å². The number of carboxylic acid groups (broad SMARTS) is 2. The van der Waals surface area contributed by atoms with Crippen LogP contribution in [0.1, 0.15) is 73.8 Å². The molecule has 0 saturated carbocycles. The van der Waals surface area contributed by atoms with E-state index in [1.165, 1.54) is 0 Å². The summed E-state index contributed by atoms with van der Waals surface area (Å²) in [4.78, 5) is 54.9. The number of epoxide rings is 1. The molecule has 45 heavy (non-hydrogen) atoms. The number of aromatic nitrogens is 2. The first-order valence-corrected chi connectivity index (χ1v) is 15.1. The van der Waals surface area contributed by atoms with E-state index in [2.05, 4.69) is 27.2 Å². The minimum absolute atomic E-state index is 0.0179. The Morgan fingerprint density at radius 1 is 1.02 bits per heavy atom. The van der Waals surface area contributed by atoms with Crippen LogP contribution in [0.5, 0.6) is 0 Å². The number of nitrogens with one attached hydrogen (secondary N) is 4. The second kappa shape index (κ2) is 11.4. The van der Waals surface area contributed by atoms with Gasteiger partial charge in [-0.15, -0.1) is 6.58 Å². The molecule has 12 heteroatoms. The molecule has 0 bridgehead atoms. The fraction of sp³-hybridized carbons (Fsp3) is 0.455. The van der Waals surface area contributed by atoms with Crippen LogP contribution in [0.4, 0.5) is 0 Å². The molecule has 12 nitrogen and oxygen atoms in total. The van der Waals surface area contributed by atoms with Crippen LogP contribution in [-0.4, -0.2) is 60.4 Å². The number of aliphatic carboxylic acids is 2. The zero-order chi connectivity index (χ0) is 33.0. The Morgan fingerprint density at radius 2 is 1.73 bits per heavy atom. The maximum absolute atomic E-state index is 12.6. The lowest BCUT2D eigenvalue weighted by molar-refractivity contribution is -0.137. The molecular weight excluding hydrogens is 580 g/mol. The van der Waals surface area contributed by atoms with E-state index in [1.807, 2.05) is 33.8 Å². The molecule has 1 unspecified atom stereocenters. The number of H-pyrrole nitrogens is 2. The number of allylic oxidation sites excluding steroid dienone is 1. The molecule has 0 aromatic carbocycles. The van der Waals surface area contributed by atoms with Crippen LogP contribution < -0.4 is 21.2 Å². The number of carboxylic acids is 2. The molecule has 0 aliphatic carbocycles. The fourth-order valence-electron chi connectivity index (χ4n) is 7.04. The first-order chi connectivity index (χ1) is 21.2. The first kappa shape index (κ1) is 31.8. The average Bonchev–Trinajstić information content (AvgIpc) is 3.17. The van der Waals surface area contributed by atoms with E-state index in [4.69, 9.17) is 4.74 Å². The Morgan fingerprint density at radius 3 is 2.33 bits per heavy atom. The molecule has 3 fully saturated rings. The van der Waals surface area contributed by atoms with Gasteiger partial charge in [-0.25, -0.2) is 0 Å². The predicted molar refractivity (Wildman–Crippen MR) is 165 cm³/mol. The van der Waals surface area contributed by atoms with Crippen LogP contribution in [0.3, 0.4) is 0 Å². The SMILES string of the molecule is C=CC1C(=O)N[C@@]2(Cc3[nH]c(=C\c4[nH]c(/C=C5\NC(=O)[C@H](C)[C@H]5CC)c(C)c4CCC(=O)O)/c(=C(/O)CC(=O)O)c3C)O[C@@]12C. The van der Waals surface area contributed by atoms with Crippen molar-refractivity contribution in [2.75, 3.05) is 0 Å². The Balaban J connectivity index is 1.66. The summed E-state index contributed by atoms with van der Waals surface area (Å²) in [6, 6.07) is 0. The average molecular weight is 621 g/mol. The molecule has 5 rings (SSSR count). The van der Waals surface area contributed by atoms with Crippen molar-refractivity contribution < 1.29 is 39.2 Å². The van der Waals surface area contributed by atoms with Gasteiger partial charge in [0.25, 0.3) is 0 Å². The number of hydrogen-bond acceptors (Lipinski definition) is 6. The molecule has 3 aliphatic heterocycles. The zero-order valence-corrected chi connectivity index (χ0v) is 26.1. The lowest BCUT2D eigenvalue weighted by atomic mass is 9.89. The normalized spacial score (nSPS) is 29.0. The van der Waals surface area contributed by atoms with Crippen molar-refractivity contribution in [1.29, 1.82) is 0 Å². The highest BCUT2D eigenvalue weighted by molar-refractivity contribution is 5.88. The van der Waals surface area contributed by atoms with Gasteiger partial charge in [0, 0.05) is 52.7 Å². The Labute approximate surface area is 259 Å². The molecule has 2 aromatic heterocycles. The van der Waals surface area contributed by atoms with Gasteiger partial charge in [0.05, 0.1) is 11.3 Å². The van der Waals surface area contributed by atoms with Gasteiger partial charge in [-0.2, -0.15) is 0 Å². The van der Waals surface area contributed by atoms with Crippen molar-refractivity contribution in [2.45, 2.75) is 78.0 Å². The number of ether oxygens (including phenoxy) is 1. The molecule has 5 heterocycles. The van der Waals surface area contributed by atoms with Crippen molar-refractivity contribution in [3.63, 3.8) is 0 Å². The Bertz CT molecular complexity index is 1780. The summed E-state index contributed by atoms with van der Waals surface area (Å²) >= 11 is 0. The van der Waals surface area contributed by atoms with Gasteiger partial charge in [0.2, 0.25) is 11.8 Å². The number of amides is 2. The van der Waals surface area contributed by atoms with Crippen LogP contribution in [-0.2, 0) is 36.8 Å². The number of carbonyl (C=O) groups excluding carboxylic acids is 2. The molecule has 240 valence electrons. The second-order valence-electron chi connectivity index (χ2n) is 12.4. The molecule has 2 aromatic rings. The monoisotopic (exact) mass is 620 g/mol. The molecule has 3 aliphatic rings. The molecular formula is C33H40N4O8. The Hall–Kier alpha value is -4.58. The number of fused-ring (bicyclic) bond motifs is 1. The van der Waals surface area contributed by atoms with E-state index in [9.17, 15) is 34.5 Å². The van der Waals surface area contributed by atoms with Crippen LogP contribution in [0.2, 0.25) is 0 Å². The summed E-state index contributed by atoms with van der Waals surface area (Å²) in [5.74, 6) is -3.45. The lowest BCUT2D eigenvalue weighted by Crippen LogP contribution is -2.36. The van der Waals surface area contributed by atoms with E-state index < -0.39 is 35.6 Å². The third kappa shape index (κ3) is 5.37. The highest BCUT2D eigenvalue weighted by Gasteiger charge is 2.77. The van der Waals surface area contributed by atoms with Gasteiger partial charge < -0.3 is 40.7 Å². The van der Waals surface area contributed by atoms with E-state index in [1.54, 1.807) is 19.1 Å². The molecule has 5 atom stereocenters. The van der Waals surface area contributed by atoms with Crippen LogP contribution in [0.15, 0.2) is 18.4 Å². The number of aliphatic hydroxyl groups is 1. The summed E-state index contributed by atoms with van der Waals surface area (Å²) in [5.41, 5.74) is 3.06. The topological polar surface area (TPSA) is 197 Å². The summed E-state index contributed by atoms with van der Waals surface area (Å²) < 4.78 is 6.05. The van der Waals surface area contributed by atoms with Crippen LogP contribution >= 0.6 is 0 Å². The highest BCUT2D eigenvalue weighted by atomic mass is 16.7. The van der Waals surface area contributed by atoms with Crippen molar-refractivity contribution in [2.24, 2.45) is 17.8 Å². The maximum Gasteiger partial charge on any atom is 0.311 e. The predicted octanol–water partition coefficient (Wildman–Crippen LogP) is 2.04. The van der Waals surface area contributed by atoms with Crippen LogP contribution in [0.25, 0.3) is 17.9 Å². The number of carbonyl (C=O) groups is 4. The highest BCUT2D eigenvalue weighted by Crippen LogP contribution is 2.57. The first-order valence-electron chi connectivity index (χ1n) is 15.1. The summed E-state index contributed by atoms with van der Waals surface area (Å²) in [6.45, 7) is 13.1. The molecule has 3 saturated heterocycles. The summed E-state index contributed by atoms with van der Waals surface area (Å²) in [6.07, 6.45) is 5.64. The van der Waals surface area contributed by atoms with Gasteiger partial charge >= 0.3 is 11.9 Å². The Kier molecular flexibility index (Phi) is 8.07. The molecule has 2 amide bonds. The number of rotatable bonds is 11. The zero-order valence-electron chi connectivity index (χ0n) is 26.1. The molecule has 7 N–H and O–H groups in total. The molecule has 0 radical (unpaired) electrons. The minimum atomic E-state index is -1.21. The largest absolute Gasteiger partial charge is 0.511 e. The van der Waals surface area contributed by atoms with E-state index in [-0.39, 0.29) is 48.7 Å². The number of aromatic amines is 2. The van der Waals surface area contributed by atoms with Gasteiger partial charge in [0.15, 0.2) is 5.72 Å². The maximum atomic E-state index is 12.6. The van der Waals surface area contributed by atoms with E-state index in [0.29, 0.717) is 33.2 Å². The second-order valence-corrected chi connectivity index (χ2v) is 12.4. The van der Waals surface area contributed by atoms with Crippen molar-refractivity contribution in [1.82, 2.24) is 20.6 Å². The standard InChI is InChI=1S/C33H40N4O8/c1-7-18-16(4)30(43)36-22(18)11-21-15(3)19(9-10-27(39)40)23(34-21)12-24-29(26(38)13-28(41)42)17(5)25(35-24)14-33-32(6,45-33)20(8-2)31(44)37-33/h8,11-12,16,18,20,34-35,38H,2,7,9-10,13-14H2,1,3-6H3,(H,36,43)(H,37,44)(H,39,40)(H,41,42)/b22-11-,24-12-,29-26+/t16-,18-,20?,32+,33+/m1/s1.